The normalized spacial score (nSPS) is 18.0. The molecule has 150 valence electrons. The maximum Gasteiger partial charge on any atom is 0.163 e. The third-order valence-electron chi connectivity index (χ3n) is 5.60. The van der Waals surface area contributed by atoms with E-state index in [0.29, 0.717) is 47.6 Å². The Bertz CT molecular complexity index is 1100. The van der Waals surface area contributed by atoms with E-state index in [1.165, 1.54) is 0 Å². The number of hydrogen-bond acceptors (Lipinski definition) is 7. The number of hydrogen-bond donors (Lipinski definition) is 3. The Labute approximate surface area is 169 Å². The van der Waals surface area contributed by atoms with Crippen LogP contribution in [-0.4, -0.2) is 37.8 Å². The van der Waals surface area contributed by atoms with Crippen LogP contribution >= 0.6 is 0 Å². The Hall–Kier alpha value is -3.18. The number of nitrogens with zero attached hydrogens (tertiary/aromatic N) is 5. The van der Waals surface area contributed by atoms with E-state index in [4.69, 9.17) is 10.7 Å². The van der Waals surface area contributed by atoms with E-state index in [9.17, 15) is 10.4 Å². The SMILES string of the molecule is CCc1c(C)nn2c(N)c(C#N)c(NCCc3cccc(C4CC4CO)n3)nc12. The molecule has 1 fully saturated rings. The number of aromatic nitrogens is 4. The molecule has 0 bridgehead atoms. The van der Waals surface area contributed by atoms with Crippen molar-refractivity contribution in [1.82, 2.24) is 19.6 Å². The van der Waals surface area contributed by atoms with E-state index in [2.05, 4.69) is 21.5 Å². The summed E-state index contributed by atoms with van der Waals surface area (Å²) in [5, 5.41) is 26.5. The number of aryl methyl sites for hydroxylation is 2. The molecule has 0 radical (unpaired) electrons. The molecular weight excluding hydrogens is 366 g/mol. The second kappa shape index (κ2) is 7.68. The minimum absolute atomic E-state index is 0.221. The lowest BCUT2D eigenvalue weighted by Gasteiger charge is -2.11. The van der Waals surface area contributed by atoms with Gasteiger partial charge in [0.15, 0.2) is 5.65 Å². The molecule has 1 saturated carbocycles. The smallest absolute Gasteiger partial charge is 0.163 e. The summed E-state index contributed by atoms with van der Waals surface area (Å²) in [7, 11) is 0. The first-order valence-corrected chi connectivity index (χ1v) is 9.95. The van der Waals surface area contributed by atoms with E-state index < -0.39 is 0 Å². The zero-order valence-electron chi connectivity index (χ0n) is 16.7. The fraction of sp³-hybridized carbons (Fsp3) is 0.429. The quantitative estimate of drug-likeness (QED) is 0.564. The lowest BCUT2D eigenvalue weighted by Crippen LogP contribution is -2.13. The Morgan fingerprint density at radius 1 is 1.38 bits per heavy atom. The molecule has 8 nitrogen and oxygen atoms in total. The van der Waals surface area contributed by atoms with Crippen LogP contribution < -0.4 is 11.1 Å². The summed E-state index contributed by atoms with van der Waals surface area (Å²) < 4.78 is 1.55. The number of aliphatic hydroxyl groups excluding tert-OH is 1. The number of nitrogens with one attached hydrogen (secondary N) is 1. The summed E-state index contributed by atoms with van der Waals surface area (Å²) in [6.07, 6.45) is 2.49. The van der Waals surface area contributed by atoms with Gasteiger partial charge in [0.1, 0.15) is 23.3 Å². The van der Waals surface area contributed by atoms with Crippen molar-refractivity contribution in [2.45, 2.75) is 39.0 Å². The van der Waals surface area contributed by atoms with E-state index >= 15 is 0 Å². The van der Waals surface area contributed by atoms with Gasteiger partial charge in [0.05, 0.1) is 5.69 Å². The summed E-state index contributed by atoms with van der Waals surface area (Å²) in [4.78, 5) is 9.37. The summed E-state index contributed by atoms with van der Waals surface area (Å²) in [5.74, 6) is 1.50. The summed E-state index contributed by atoms with van der Waals surface area (Å²) in [6, 6.07) is 8.17. The highest BCUT2D eigenvalue weighted by molar-refractivity contribution is 5.69. The zero-order chi connectivity index (χ0) is 20.5. The lowest BCUT2D eigenvalue weighted by molar-refractivity contribution is 0.273. The highest BCUT2D eigenvalue weighted by Crippen LogP contribution is 2.46. The largest absolute Gasteiger partial charge is 0.396 e. The van der Waals surface area contributed by atoms with Gasteiger partial charge in [-0.25, -0.2) is 4.98 Å². The second-order valence-corrected chi connectivity index (χ2v) is 7.50. The van der Waals surface area contributed by atoms with Gasteiger partial charge in [0, 0.05) is 42.4 Å². The maximum absolute atomic E-state index is 9.58. The summed E-state index contributed by atoms with van der Waals surface area (Å²) in [6.45, 7) is 4.77. The number of aliphatic hydroxyl groups is 1. The monoisotopic (exact) mass is 391 g/mol. The van der Waals surface area contributed by atoms with Crippen molar-refractivity contribution in [2.24, 2.45) is 5.92 Å². The lowest BCUT2D eigenvalue weighted by atomic mass is 10.2. The average molecular weight is 391 g/mol. The Balaban J connectivity index is 1.53. The van der Waals surface area contributed by atoms with Crippen molar-refractivity contribution >= 4 is 17.3 Å². The molecule has 2 unspecified atom stereocenters. The molecule has 4 N–H and O–H groups in total. The number of nitrogen functional groups attached to an aromatic ring is 1. The zero-order valence-corrected chi connectivity index (χ0v) is 16.7. The molecule has 1 aliphatic carbocycles. The third-order valence-corrected chi connectivity index (χ3v) is 5.60. The molecule has 3 aromatic rings. The van der Waals surface area contributed by atoms with Crippen molar-refractivity contribution in [3.8, 4) is 6.07 Å². The maximum atomic E-state index is 9.58. The van der Waals surface area contributed by atoms with E-state index in [-0.39, 0.29) is 6.61 Å². The predicted octanol–water partition coefficient (Wildman–Crippen LogP) is 2.20. The van der Waals surface area contributed by atoms with Crippen LogP contribution in [0.5, 0.6) is 0 Å². The molecule has 0 aliphatic heterocycles. The van der Waals surface area contributed by atoms with Crippen LogP contribution in [0.3, 0.4) is 0 Å². The topological polar surface area (TPSA) is 125 Å². The molecule has 0 amide bonds. The number of pyridine rings is 1. The minimum atomic E-state index is 0.221. The van der Waals surface area contributed by atoms with Crippen molar-refractivity contribution in [3.05, 3.63) is 46.4 Å². The highest BCUT2D eigenvalue weighted by atomic mass is 16.3. The van der Waals surface area contributed by atoms with Gasteiger partial charge in [-0.05, 0) is 37.8 Å². The van der Waals surface area contributed by atoms with Gasteiger partial charge in [-0.3, -0.25) is 4.98 Å². The van der Waals surface area contributed by atoms with E-state index in [1.807, 2.05) is 32.0 Å². The molecule has 8 heteroatoms. The molecule has 4 rings (SSSR count). The van der Waals surface area contributed by atoms with E-state index in [1.54, 1.807) is 4.52 Å². The number of anilines is 2. The molecule has 0 spiro atoms. The van der Waals surface area contributed by atoms with Gasteiger partial charge in [-0.1, -0.05) is 13.0 Å². The number of nitrogens with two attached hydrogens (primary N) is 1. The first-order valence-electron chi connectivity index (χ1n) is 9.95. The van der Waals surface area contributed by atoms with Gasteiger partial charge in [0.25, 0.3) is 0 Å². The molecule has 29 heavy (non-hydrogen) atoms. The molecule has 2 atom stereocenters. The van der Waals surface area contributed by atoms with Gasteiger partial charge in [-0.2, -0.15) is 14.9 Å². The average Bonchev–Trinajstić information content (AvgIpc) is 3.45. The van der Waals surface area contributed by atoms with Crippen LogP contribution in [0.4, 0.5) is 11.6 Å². The Morgan fingerprint density at radius 2 is 2.21 bits per heavy atom. The first kappa shape index (κ1) is 19.2. The predicted molar refractivity (Wildman–Crippen MR) is 111 cm³/mol. The molecule has 3 aromatic heterocycles. The molecule has 0 aromatic carbocycles. The standard InChI is InChI=1S/C21H25N7O/c1-3-15-12(2)27-28-19(23)17(10-22)20(26-21(15)28)24-8-7-14-5-4-6-18(25-14)16-9-13(16)11-29/h4-6,13,16,29H,3,7-9,11,23H2,1-2H3,(H,24,26). The minimum Gasteiger partial charge on any atom is -0.396 e. The van der Waals surface area contributed by atoms with Gasteiger partial charge < -0.3 is 16.2 Å². The molecular formula is C21H25N7O. The van der Waals surface area contributed by atoms with Crippen LogP contribution in [0.2, 0.25) is 0 Å². The fourth-order valence-electron chi connectivity index (χ4n) is 3.84. The van der Waals surface area contributed by atoms with Crippen molar-refractivity contribution < 1.29 is 5.11 Å². The Morgan fingerprint density at radius 3 is 2.90 bits per heavy atom. The van der Waals surface area contributed by atoms with Crippen LogP contribution in [0.15, 0.2) is 18.2 Å². The highest BCUT2D eigenvalue weighted by Gasteiger charge is 2.38. The molecule has 0 saturated heterocycles. The van der Waals surface area contributed by atoms with Gasteiger partial charge in [-0.15, -0.1) is 0 Å². The second-order valence-electron chi connectivity index (χ2n) is 7.50. The van der Waals surface area contributed by atoms with Crippen LogP contribution in [-0.2, 0) is 12.8 Å². The number of nitriles is 1. The van der Waals surface area contributed by atoms with Crippen LogP contribution in [0.1, 0.15) is 47.5 Å². The van der Waals surface area contributed by atoms with Crippen LogP contribution in [0.25, 0.3) is 5.65 Å². The number of fused-ring (bicyclic) bond motifs is 1. The van der Waals surface area contributed by atoms with Gasteiger partial charge in [0.2, 0.25) is 0 Å². The van der Waals surface area contributed by atoms with Gasteiger partial charge >= 0.3 is 0 Å². The number of rotatable bonds is 7. The van der Waals surface area contributed by atoms with Crippen molar-refractivity contribution in [3.63, 3.8) is 0 Å². The molecule has 3 heterocycles. The molecule has 1 aliphatic rings. The fourth-order valence-corrected chi connectivity index (χ4v) is 3.84. The van der Waals surface area contributed by atoms with E-state index in [0.717, 1.165) is 35.5 Å². The summed E-state index contributed by atoms with van der Waals surface area (Å²) in [5.41, 5.74) is 11.1. The van der Waals surface area contributed by atoms with Crippen molar-refractivity contribution in [2.75, 3.05) is 24.2 Å². The Kier molecular flexibility index (Phi) is 5.07. The van der Waals surface area contributed by atoms with Crippen LogP contribution in [0, 0.1) is 24.2 Å². The van der Waals surface area contributed by atoms with Crippen molar-refractivity contribution in [1.29, 1.82) is 5.26 Å². The summed E-state index contributed by atoms with van der Waals surface area (Å²) >= 11 is 0. The first-order chi connectivity index (χ1) is 14.1. The third kappa shape index (κ3) is 3.49.